The van der Waals surface area contributed by atoms with Gasteiger partial charge in [0.2, 0.25) is 5.91 Å². The predicted molar refractivity (Wildman–Crippen MR) is 91.0 cm³/mol. The highest BCUT2D eigenvalue weighted by molar-refractivity contribution is 5.81. The van der Waals surface area contributed by atoms with E-state index in [0.29, 0.717) is 12.5 Å². The van der Waals surface area contributed by atoms with Crippen LogP contribution < -0.4 is 5.32 Å². The summed E-state index contributed by atoms with van der Waals surface area (Å²) in [5.74, 6) is 0.862. The van der Waals surface area contributed by atoms with E-state index in [9.17, 15) is 4.79 Å². The molecule has 0 aromatic heterocycles. The summed E-state index contributed by atoms with van der Waals surface area (Å²) in [6.45, 7) is 16.8. The Kier molecular flexibility index (Phi) is 7.80. The first-order chi connectivity index (χ1) is 10.2. The van der Waals surface area contributed by atoms with Gasteiger partial charge in [0, 0.05) is 45.2 Å². The van der Waals surface area contributed by atoms with Gasteiger partial charge in [0.25, 0.3) is 0 Å². The number of hydrogen-bond donors (Lipinski definition) is 1. The lowest BCUT2D eigenvalue weighted by Crippen LogP contribution is -2.50. The molecule has 1 N–H and O–H groups in total. The lowest BCUT2D eigenvalue weighted by molar-refractivity contribution is -0.141. The van der Waals surface area contributed by atoms with E-state index in [4.69, 9.17) is 4.74 Å². The van der Waals surface area contributed by atoms with Gasteiger partial charge in [-0.3, -0.25) is 9.69 Å². The second kappa shape index (κ2) is 8.85. The SMILES string of the molecule is CC(C)CNCCN1CCO[C@@H](CN(C)C(=O)C(C)(C)C)C1. The van der Waals surface area contributed by atoms with E-state index in [1.54, 1.807) is 0 Å². The molecule has 0 radical (unpaired) electrons. The number of carbonyl (C=O) groups excluding carboxylic acids is 1. The summed E-state index contributed by atoms with van der Waals surface area (Å²) in [7, 11) is 1.88. The van der Waals surface area contributed by atoms with Crippen molar-refractivity contribution >= 4 is 5.91 Å². The monoisotopic (exact) mass is 313 g/mol. The van der Waals surface area contributed by atoms with Crippen molar-refractivity contribution in [1.29, 1.82) is 0 Å². The molecule has 1 rings (SSSR count). The van der Waals surface area contributed by atoms with Crippen molar-refractivity contribution in [1.82, 2.24) is 15.1 Å². The van der Waals surface area contributed by atoms with Gasteiger partial charge in [-0.2, -0.15) is 0 Å². The van der Waals surface area contributed by atoms with E-state index in [0.717, 1.165) is 39.3 Å². The fraction of sp³-hybridized carbons (Fsp3) is 0.941. The zero-order valence-electron chi connectivity index (χ0n) is 15.3. The average Bonchev–Trinajstić information content (AvgIpc) is 2.42. The van der Waals surface area contributed by atoms with Crippen LogP contribution in [0.2, 0.25) is 0 Å². The van der Waals surface area contributed by atoms with E-state index in [2.05, 4.69) is 24.1 Å². The standard InChI is InChI=1S/C17H35N3O2/c1-14(2)11-18-7-8-20-9-10-22-15(13-20)12-19(6)16(21)17(3,4)5/h14-15,18H,7-13H2,1-6H3/t15-/m0/s1. The molecule has 0 unspecified atom stereocenters. The third-order valence-corrected chi connectivity index (χ3v) is 3.85. The molecular formula is C17H35N3O2. The minimum absolute atomic E-state index is 0.121. The molecule has 0 spiro atoms. The normalized spacial score (nSPS) is 20.4. The second-order valence-corrected chi connectivity index (χ2v) is 7.83. The van der Waals surface area contributed by atoms with Crippen molar-refractivity contribution in [2.24, 2.45) is 11.3 Å². The van der Waals surface area contributed by atoms with Crippen LogP contribution >= 0.6 is 0 Å². The van der Waals surface area contributed by atoms with Crippen LogP contribution in [0, 0.1) is 11.3 Å². The maximum atomic E-state index is 12.2. The molecule has 130 valence electrons. The highest BCUT2D eigenvalue weighted by atomic mass is 16.5. The largest absolute Gasteiger partial charge is 0.374 e. The predicted octanol–water partition coefficient (Wildman–Crippen LogP) is 1.44. The third kappa shape index (κ3) is 7.07. The molecule has 1 aliphatic heterocycles. The highest BCUT2D eigenvalue weighted by Gasteiger charge is 2.28. The molecule has 0 aromatic rings. The molecule has 0 aromatic carbocycles. The Balaban J connectivity index is 2.32. The van der Waals surface area contributed by atoms with Crippen molar-refractivity contribution < 1.29 is 9.53 Å². The van der Waals surface area contributed by atoms with Gasteiger partial charge in [-0.1, -0.05) is 34.6 Å². The van der Waals surface area contributed by atoms with Crippen molar-refractivity contribution in [2.75, 3.05) is 52.9 Å². The van der Waals surface area contributed by atoms with E-state index < -0.39 is 0 Å². The lowest BCUT2D eigenvalue weighted by atomic mass is 9.95. The number of nitrogens with one attached hydrogen (secondary N) is 1. The summed E-state index contributed by atoms with van der Waals surface area (Å²) >= 11 is 0. The Bertz CT molecular complexity index is 339. The van der Waals surface area contributed by atoms with Crippen molar-refractivity contribution in [3.63, 3.8) is 0 Å². The van der Waals surface area contributed by atoms with Gasteiger partial charge in [-0.05, 0) is 12.5 Å². The molecule has 1 saturated heterocycles. The molecule has 1 aliphatic rings. The molecule has 0 saturated carbocycles. The molecule has 5 heteroatoms. The summed E-state index contributed by atoms with van der Waals surface area (Å²) < 4.78 is 5.83. The number of likely N-dealkylation sites (N-methyl/N-ethyl adjacent to an activating group) is 1. The number of morpholine rings is 1. The Morgan fingerprint density at radius 3 is 2.68 bits per heavy atom. The fourth-order valence-corrected chi connectivity index (χ4v) is 2.68. The van der Waals surface area contributed by atoms with Crippen LogP contribution in [0.5, 0.6) is 0 Å². The van der Waals surface area contributed by atoms with Crippen molar-refractivity contribution in [3.05, 3.63) is 0 Å². The molecule has 1 amide bonds. The second-order valence-electron chi connectivity index (χ2n) is 7.83. The summed E-state index contributed by atoms with van der Waals surface area (Å²) in [6.07, 6.45) is 0.121. The number of carbonyl (C=O) groups is 1. The topological polar surface area (TPSA) is 44.8 Å². The number of amides is 1. The molecule has 22 heavy (non-hydrogen) atoms. The third-order valence-electron chi connectivity index (χ3n) is 3.85. The fourth-order valence-electron chi connectivity index (χ4n) is 2.68. The van der Waals surface area contributed by atoms with Crippen molar-refractivity contribution in [2.45, 2.75) is 40.7 Å². The van der Waals surface area contributed by atoms with Gasteiger partial charge in [0.15, 0.2) is 0 Å². The van der Waals surface area contributed by atoms with Crippen molar-refractivity contribution in [3.8, 4) is 0 Å². The molecule has 1 atom stereocenters. The lowest BCUT2D eigenvalue weighted by Gasteiger charge is -2.36. The molecule has 1 fully saturated rings. The van der Waals surface area contributed by atoms with E-state index in [-0.39, 0.29) is 17.4 Å². The first kappa shape index (κ1) is 19.4. The van der Waals surface area contributed by atoms with E-state index in [1.165, 1.54) is 0 Å². The smallest absolute Gasteiger partial charge is 0.227 e. The molecule has 0 bridgehead atoms. The average molecular weight is 313 g/mol. The van der Waals surface area contributed by atoms with Gasteiger partial charge in [0.1, 0.15) is 0 Å². The molecule has 0 aliphatic carbocycles. The van der Waals surface area contributed by atoms with Crippen LogP contribution in [-0.2, 0) is 9.53 Å². The zero-order chi connectivity index (χ0) is 16.8. The summed E-state index contributed by atoms with van der Waals surface area (Å²) in [6, 6.07) is 0. The van der Waals surface area contributed by atoms with Crippen LogP contribution in [0.1, 0.15) is 34.6 Å². The van der Waals surface area contributed by atoms with Gasteiger partial charge in [-0.15, -0.1) is 0 Å². The van der Waals surface area contributed by atoms with Gasteiger partial charge in [0.05, 0.1) is 12.7 Å². The number of nitrogens with zero attached hydrogens (tertiary/aromatic N) is 2. The first-order valence-corrected chi connectivity index (χ1v) is 8.50. The Morgan fingerprint density at radius 2 is 2.09 bits per heavy atom. The van der Waals surface area contributed by atoms with E-state index in [1.807, 2.05) is 32.7 Å². The molecule has 1 heterocycles. The van der Waals surface area contributed by atoms with Crippen LogP contribution in [0.4, 0.5) is 0 Å². The Hall–Kier alpha value is -0.650. The van der Waals surface area contributed by atoms with Crippen LogP contribution in [0.15, 0.2) is 0 Å². The summed E-state index contributed by atoms with van der Waals surface area (Å²) in [5.41, 5.74) is -0.329. The molecule has 5 nitrogen and oxygen atoms in total. The number of rotatable bonds is 7. The van der Waals surface area contributed by atoms with Gasteiger partial charge < -0.3 is 15.0 Å². The minimum Gasteiger partial charge on any atom is -0.374 e. The zero-order valence-corrected chi connectivity index (χ0v) is 15.3. The Morgan fingerprint density at radius 1 is 1.41 bits per heavy atom. The summed E-state index contributed by atoms with van der Waals surface area (Å²) in [5, 5.41) is 3.48. The Labute approximate surface area is 136 Å². The van der Waals surface area contributed by atoms with Crippen LogP contribution in [0.25, 0.3) is 0 Å². The quantitative estimate of drug-likeness (QED) is 0.722. The first-order valence-electron chi connectivity index (χ1n) is 8.50. The van der Waals surface area contributed by atoms with Crippen LogP contribution in [0.3, 0.4) is 0 Å². The minimum atomic E-state index is -0.329. The number of hydrogen-bond acceptors (Lipinski definition) is 4. The van der Waals surface area contributed by atoms with E-state index >= 15 is 0 Å². The van der Waals surface area contributed by atoms with Gasteiger partial charge >= 0.3 is 0 Å². The van der Waals surface area contributed by atoms with Crippen LogP contribution in [-0.4, -0.2) is 74.7 Å². The van der Waals surface area contributed by atoms with Gasteiger partial charge in [-0.25, -0.2) is 0 Å². The molecular weight excluding hydrogens is 278 g/mol. The maximum absolute atomic E-state index is 12.2. The maximum Gasteiger partial charge on any atom is 0.227 e. The number of ether oxygens (including phenoxy) is 1. The summed E-state index contributed by atoms with van der Waals surface area (Å²) in [4.78, 5) is 16.5. The highest BCUT2D eigenvalue weighted by Crippen LogP contribution is 2.17.